The predicted octanol–water partition coefficient (Wildman–Crippen LogP) is 4.90. The lowest BCUT2D eigenvalue weighted by atomic mass is 9.41. The van der Waals surface area contributed by atoms with Crippen molar-refractivity contribution < 1.29 is 19.1 Å². The number of carbonyl (C=O) groups excluding carboxylic acids is 1. The Morgan fingerprint density at radius 2 is 1.67 bits per heavy atom. The van der Waals surface area contributed by atoms with E-state index >= 15 is 0 Å². The number of ether oxygens (including phenoxy) is 1. The molecule has 9 heteroatoms. The quantitative estimate of drug-likeness (QED) is 0.326. The highest BCUT2D eigenvalue weighted by Crippen LogP contribution is 2.72. The number of nitrogens with zero attached hydrogens (tertiary/aromatic N) is 2. The maximum absolute atomic E-state index is 13.0. The molecule has 0 aromatic carbocycles. The summed E-state index contributed by atoms with van der Waals surface area (Å²) < 4.78 is 11.5. The fourth-order valence-electron chi connectivity index (χ4n) is 11.2. The highest BCUT2D eigenvalue weighted by atomic mass is 16.6. The van der Waals surface area contributed by atoms with Gasteiger partial charge in [-0.1, -0.05) is 20.8 Å². The normalized spacial score (nSPS) is 41.3. The van der Waals surface area contributed by atoms with Crippen LogP contribution in [0.25, 0.3) is 0 Å². The third-order valence-electron chi connectivity index (χ3n) is 14.5. The van der Waals surface area contributed by atoms with E-state index in [-0.39, 0.29) is 33.9 Å². The molecule has 5 fully saturated rings. The van der Waals surface area contributed by atoms with Gasteiger partial charge in [0.05, 0.1) is 11.9 Å². The van der Waals surface area contributed by atoms with E-state index in [1.54, 1.807) is 6.26 Å². The van der Waals surface area contributed by atoms with Crippen LogP contribution >= 0.6 is 0 Å². The summed E-state index contributed by atoms with van der Waals surface area (Å²) in [6, 6.07) is 3.44. The first-order valence-corrected chi connectivity index (χ1v) is 18.3. The summed E-state index contributed by atoms with van der Waals surface area (Å²) >= 11 is 0. The molecular weight excluding hydrogens is 580 g/mol. The number of carbonyl (C=O) groups is 1. The zero-order chi connectivity index (χ0) is 32.8. The van der Waals surface area contributed by atoms with Crippen LogP contribution in [0, 0.1) is 28.6 Å². The predicted molar refractivity (Wildman–Crippen MR) is 180 cm³/mol. The Kier molecular flexibility index (Phi) is 9.47. The van der Waals surface area contributed by atoms with Crippen LogP contribution in [-0.4, -0.2) is 84.6 Å². The van der Waals surface area contributed by atoms with E-state index in [1.165, 1.54) is 6.07 Å². The first-order valence-electron chi connectivity index (χ1n) is 18.3. The second-order valence-corrected chi connectivity index (χ2v) is 16.6. The van der Waals surface area contributed by atoms with Crippen LogP contribution in [0.3, 0.4) is 0 Å². The lowest BCUT2D eigenvalue weighted by molar-refractivity contribution is -0.217. The molecule has 0 spiro atoms. The average Bonchev–Trinajstić information content (AvgIpc) is 3.26. The first kappa shape index (κ1) is 33.9. The molecule has 1 amide bonds. The maximum Gasteiger partial charge on any atom is 0.407 e. The van der Waals surface area contributed by atoms with Gasteiger partial charge in [0.25, 0.3) is 0 Å². The Labute approximate surface area is 276 Å². The number of fused-ring (bicyclic) bond motifs is 5. The van der Waals surface area contributed by atoms with Gasteiger partial charge >= 0.3 is 11.7 Å². The third-order valence-corrected chi connectivity index (χ3v) is 14.5. The number of nitrogens with one attached hydrogen (secondary N) is 1. The van der Waals surface area contributed by atoms with Crippen LogP contribution in [0.1, 0.15) is 104 Å². The highest BCUT2D eigenvalue weighted by Gasteiger charge is 2.71. The molecule has 5 aliphatic rings. The van der Waals surface area contributed by atoms with Crippen LogP contribution in [0.5, 0.6) is 0 Å². The van der Waals surface area contributed by atoms with Crippen molar-refractivity contribution in [2.75, 3.05) is 52.4 Å². The lowest BCUT2D eigenvalue weighted by Gasteiger charge is -2.65. The summed E-state index contributed by atoms with van der Waals surface area (Å²) in [6.07, 6.45) is 11.9. The molecule has 46 heavy (non-hydrogen) atoms. The summed E-state index contributed by atoms with van der Waals surface area (Å²) in [7, 11) is 0. The maximum atomic E-state index is 13.0. The summed E-state index contributed by atoms with van der Waals surface area (Å²) in [5, 5.41) is 15.7. The van der Waals surface area contributed by atoms with E-state index in [0.29, 0.717) is 18.4 Å². The smallest absolute Gasteiger partial charge is 0.407 e. The van der Waals surface area contributed by atoms with Crippen LogP contribution in [-0.2, 0) is 10.2 Å². The molecule has 1 aromatic rings. The molecule has 9 nitrogen and oxygen atoms in total. The van der Waals surface area contributed by atoms with Gasteiger partial charge in [-0.15, -0.1) is 0 Å². The van der Waals surface area contributed by atoms with Crippen LogP contribution < -0.4 is 16.7 Å². The topological polar surface area (TPSA) is 121 Å². The van der Waals surface area contributed by atoms with E-state index in [0.717, 1.165) is 122 Å². The minimum atomic E-state index is -0.746. The first-order chi connectivity index (χ1) is 21.9. The van der Waals surface area contributed by atoms with Crippen molar-refractivity contribution in [2.24, 2.45) is 34.3 Å². The van der Waals surface area contributed by atoms with Gasteiger partial charge in [0.2, 0.25) is 0 Å². The van der Waals surface area contributed by atoms with E-state index in [2.05, 4.69) is 42.8 Å². The van der Waals surface area contributed by atoms with Gasteiger partial charge in [0.1, 0.15) is 5.60 Å². The molecule has 4 saturated carbocycles. The Balaban J connectivity index is 1.02. The number of piperazine rings is 1. The molecule has 1 aliphatic heterocycles. The van der Waals surface area contributed by atoms with E-state index < -0.39 is 11.2 Å². The number of aliphatic hydroxyl groups is 1. The summed E-state index contributed by atoms with van der Waals surface area (Å²) in [5.41, 5.74) is 4.76. The molecule has 6 rings (SSSR count). The third kappa shape index (κ3) is 5.85. The van der Waals surface area contributed by atoms with E-state index in [4.69, 9.17) is 14.9 Å². The van der Waals surface area contributed by atoms with Crippen molar-refractivity contribution in [2.45, 2.75) is 115 Å². The van der Waals surface area contributed by atoms with Gasteiger partial charge in [-0.3, -0.25) is 0 Å². The van der Waals surface area contributed by atoms with Crippen molar-refractivity contribution in [3.8, 4) is 0 Å². The van der Waals surface area contributed by atoms with Crippen molar-refractivity contribution in [3.63, 3.8) is 0 Å². The molecule has 8 atom stereocenters. The average molecular weight is 641 g/mol. The Bertz CT molecular complexity index is 1280. The van der Waals surface area contributed by atoms with Crippen molar-refractivity contribution in [3.05, 3.63) is 34.4 Å². The summed E-state index contributed by atoms with van der Waals surface area (Å²) in [4.78, 5) is 29.7. The van der Waals surface area contributed by atoms with Crippen LogP contribution in [0.15, 0.2) is 27.6 Å². The fraction of sp³-hybridized carbons (Fsp3) is 0.838. The second-order valence-electron chi connectivity index (χ2n) is 16.6. The monoisotopic (exact) mass is 640 g/mol. The summed E-state index contributed by atoms with van der Waals surface area (Å²) in [5.74, 6) is 1.20. The van der Waals surface area contributed by atoms with Gasteiger partial charge in [-0.05, 0) is 132 Å². The lowest BCUT2D eigenvalue weighted by Crippen LogP contribution is -2.64. The minimum Gasteiger partial charge on any atom is -0.443 e. The Morgan fingerprint density at radius 3 is 2.35 bits per heavy atom. The van der Waals surface area contributed by atoms with Crippen molar-refractivity contribution in [1.82, 2.24) is 15.1 Å². The van der Waals surface area contributed by atoms with Gasteiger partial charge in [0, 0.05) is 49.6 Å². The molecule has 4 N–H and O–H groups in total. The highest BCUT2D eigenvalue weighted by molar-refractivity contribution is 5.67. The molecule has 2 heterocycles. The van der Waals surface area contributed by atoms with Gasteiger partial charge in [-0.2, -0.15) is 0 Å². The summed E-state index contributed by atoms with van der Waals surface area (Å²) in [6.45, 7) is 17.0. The molecule has 4 aliphatic carbocycles. The van der Waals surface area contributed by atoms with Crippen LogP contribution in [0.2, 0.25) is 0 Å². The molecule has 258 valence electrons. The van der Waals surface area contributed by atoms with E-state index in [1.807, 2.05) is 6.07 Å². The Hall–Kier alpha value is -1.94. The molecule has 0 bridgehead atoms. The zero-order valence-corrected chi connectivity index (χ0v) is 29.0. The van der Waals surface area contributed by atoms with Crippen LogP contribution in [0.4, 0.5) is 4.79 Å². The van der Waals surface area contributed by atoms with E-state index in [9.17, 15) is 14.7 Å². The number of hydrogen-bond donors (Lipinski definition) is 3. The van der Waals surface area contributed by atoms with Gasteiger partial charge in [-0.25, -0.2) is 9.59 Å². The largest absolute Gasteiger partial charge is 0.443 e. The van der Waals surface area contributed by atoms with Gasteiger partial charge < -0.3 is 35.1 Å². The van der Waals surface area contributed by atoms with Crippen molar-refractivity contribution >= 4 is 6.09 Å². The Morgan fingerprint density at radius 1 is 0.957 bits per heavy atom. The standard InChI is InChI=1S/C37H60N4O5/c1-33(46-32(43)39-18-6-20-41-23-21-40(22-24-41)19-5-17-38)13-14-34(2)27(25-33)7-9-30-29(34)11-12-36(4)35(3,15-16-37(30,36)44)28-8-10-31(42)45-26-28/h8,10,26-27,29-30,44H,5-7,9,11-25,38H2,1-4H3,(H,39,43)/t27-,29+,30-,33+,34+,35+,36-,37+/m1/s1. The zero-order valence-electron chi connectivity index (χ0n) is 29.0. The minimum absolute atomic E-state index is 0.131. The van der Waals surface area contributed by atoms with Gasteiger partial charge in [0.15, 0.2) is 0 Å². The number of rotatable bonds is 9. The second kappa shape index (κ2) is 12.8. The number of hydrogen-bond acceptors (Lipinski definition) is 8. The number of nitrogens with two attached hydrogens (primary N) is 1. The molecule has 0 radical (unpaired) electrons. The van der Waals surface area contributed by atoms with Crippen molar-refractivity contribution in [1.29, 1.82) is 0 Å². The molecule has 1 saturated heterocycles. The SMILES string of the molecule is C[C@]1(OC(=O)NCCCN2CCN(CCCN)CC2)CC[C@@]2(C)[C@H](CC[C@@H]3[C@@H]2CC[C@]2(C)[C@](C)(c4ccc(=O)oc4)CC[C@]32O)C1. The molecule has 1 aromatic heterocycles. The molecule has 0 unspecified atom stereocenters. The fourth-order valence-corrected chi connectivity index (χ4v) is 11.2. The number of alkyl carbamates (subject to hydrolysis) is 1. The number of amides is 1. The molecular formula is C37H60N4O5.